The molecule has 30 heavy (non-hydrogen) atoms. The third-order valence-corrected chi connectivity index (χ3v) is 5.41. The van der Waals surface area contributed by atoms with Crippen molar-refractivity contribution < 1.29 is 14.6 Å². The summed E-state index contributed by atoms with van der Waals surface area (Å²) < 4.78 is 12.5. The third kappa shape index (κ3) is 5.44. The van der Waals surface area contributed by atoms with Crippen LogP contribution in [0.2, 0.25) is 0 Å². The molecule has 2 atom stereocenters. The summed E-state index contributed by atoms with van der Waals surface area (Å²) >= 11 is 0. The number of nitrogens with zero attached hydrogens (tertiary/aromatic N) is 4. The highest BCUT2D eigenvalue weighted by Crippen LogP contribution is 2.29. The molecule has 1 aromatic carbocycles. The van der Waals surface area contributed by atoms with Gasteiger partial charge in [-0.2, -0.15) is 5.10 Å². The minimum absolute atomic E-state index is 0.246. The first-order chi connectivity index (χ1) is 14.5. The van der Waals surface area contributed by atoms with E-state index in [9.17, 15) is 5.11 Å². The third-order valence-electron chi connectivity index (χ3n) is 5.41. The van der Waals surface area contributed by atoms with E-state index in [0.29, 0.717) is 23.0 Å². The predicted octanol–water partition coefficient (Wildman–Crippen LogP) is 2.00. The van der Waals surface area contributed by atoms with Gasteiger partial charge in [-0.15, -0.1) is 0 Å². The summed E-state index contributed by atoms with van der Waals surface area (Å²) in [5.41, 5.74) is 1.94. The largest absolute Gasteiger partial charge is 0.497 e. The second-order valence-corrected chi connectivity index (χ2v) is 7.65. The van der Waals surface area contributed by atoms with Crippen LogP contribution in [0.1, 0.15) is 30.6 Å². The Morgan fingerprint density at radius 2 is 2.20 bits per heavy atom. The maximum Gasteiger partial charge on any atom is 0.194 e. The van der Waals surface area contributed by atoms with Crippen molar-refractivity contribution in [1.82, 2.24) is 20.0 Å². The van der Waals surface area contributed by atoms with Crippen molar-refractivity contribution in [3.05, 3.63) is 41.7 Å². The van der Waals surface area contributed by atoms with Crippen LogP contribution >= 0.6 is 0 Å². The molecule has 3 rings (SSSR count). The number of likely N-dealkylation sites (tertiary alicyclic amines) is 1. The molecule has 0 bridgehead atoms. The Hall–Kier alpha value is -2.74. The van der Waals surface area contributed by atoms with E-state index in [1.54, 1.807) is 26.4 Å². The molecule has 1 saturated heterocycles. The summed E-state index contributed by atoms with van der Waals surface area (Å²) in [4.78, 5) is 6.99. The molecular formula is C22H33N5O3. The molecule has 2 unspecified atom stereocenters. The van der Waals surface area contributed by atoms with Crippen LogP contribution in [0.5, 0.6) is 11.5 Å². The molecule has 1 aliphatic heterocycles. The molecule has 8 nitrogen and oxygen atoms in total. The molecule has 0 amide bonds. The first-order valence-corrected chi connectivity index (χ1v) is 10.4. The fourth-order valence-corrected chi connectivity index (χ4v) is 3.90. The molecule has 2 N–H and O–H groups in total. The number of aliphatic hydroxyl groups excluding tert-OH is 1. The SMILES string of the molecule is CCNC(=NCC(O)c1cc(OC)ccc1OC)N1CCC(Cc2cnn(C)c2)C1. The quantitative estimate of drug-likeness (QED) is 0.507. The zero-order valence-electron chi connectivity index (χ0n) is 18.3. The molecule has 1 aliphatic rings. The van der Waals surface area contributed by atoms with Crippen LogP contribution in [-0.4, -0.2) is 66.1 Å². The summed E-state index contributed by atoms with van der Waals surface area (Å²) in [5, 5.41) is 18.4. The number of aromatic nitrogens is 2. The van der Waals surface area contributed by atoms with Gasteiger partial charge in [0.15, 0.2) is 5.96 Å². The fourth-order valence-electron chi connectivity index (χ4n) is 3.90. The summed E-state index contributed by atoms with van der Waals surface area (Å²) in [7, 11) is 5.15. The molecule has 1 aromatic heterocycles. The van der Waals surface area contributed by atoms with Gasteiger partial charge in [-0.05, 0) is 49.4 Å². The normalized spacial score (nSPS) is 17.8. The summed E-state index contributed by atoms with van der Waals surface area (Å²) in [6, 6.07) is 5.41. The Balaban J connectivity index is 1.66. The van der Waals surface area contributed by atoms with Crippen molar-refractivity contribution in [1.29, 1.82) is 0 Å². The predicted molar refractivity (Wildman–Crippen MR) is 117 cm³/mol. The zero-order valence-corrected chi connectivity index (χ0v) is 18.3. The van der Waals surface area contributed by atoms with E-state index in [0.717, 1.165) is 38.4 Å². The van der Waals surface area contributed by atoms with Crippen LogP contribution < -0.4 is 14.8 Å². The van der Waals surface area contributed by atoms with E-state index in [2.05, 4.69) is 28.4 Å². The molecule has 0 saturated carbocycles. The number of benzene rings is 1. The average molecular weight is 416 g/mol. The molecule has 8 heteroatoms. The lowest BCUT2D eigenvalue weighted by Gasteiger charge is -2.22. The van der Waals surface area contributed by atoms with E-state index < -0.39 is 6.10 Å². The van der Waals surface area contributed by atoms with Crippen molar-refractivity contribution in [2.45, 2.75) is 25.9 Å². The maximum absolute atomic E-state index is 10.8. The lowest BCUT2D eigenvalue weighted by molar-refractivity contribution is 0.181. The van der Waals surface area contributed by atoms with Gasteiger partial charge in [-0.25, -0.2) is 0 Å². The average Bonchev–Trinajstić information content (AvgIpc) is 3.39. The van der Waals surface area contributed by atoms with Gasteiger partial charge in [-0.3, -0.25) is 9.67 Å². The second kappa shape index (κ2) is 10.3. The first-order valence-electron chi connectivity index (χ1n) is 10.4. The Labute approximate surface area is 178 Å². The van der Waals surface area contributed by atoms with E-state index >= 15 is 0 Å². The van der Waals surface area contributed by atoms with Crippen LogP contribution in [0.3, 0.4) is 0 Å². The molecule has 2 heterocycles. The lowest BCUT2D eigenvalue weighted by Crippen LogP contribution is -2.40. The molecule has 2 aromatic rings. The van der Waals surface area contributed by atoms with Gasteiger partial charge in [0.1, 0.15) is 17.6 Å². The van der Waals surface area contributed by atoms with Crippen molar-refractivity contribution in [3.8, 4) is 11.5 Å². The highest BCUT2D eigenvalue weighted by molar-refractivity contribution is 5.80. The van der Waals surface area contributed by atoms with Gasteiger partial charge >= 0.3 is 0 Å². The Bertz CT molecular complexity index is 851. The maximum atomic E-state index is 10.8. The van der Waals surface area contributed by atoms with Crippen LogP contribution in [0.4, 0.5) is 0 Å². The Kier molecular flexibility index (Phi) is 7.57. The van der Waals surface area contributed by atoms with Gasteiger partial charge in [-0.1, -0.05) is 0 Å². The topological polar surface area (TPSA) is 84.1 Å². The minimum Gasteiger partial charge on any atom is -0.497 e. The number of aliphatic imine (C=N–C) groups is 1. The molecule has 0 radical (unpaired) electrons. The highest BCUT2D eigenvalue weighted by atomic mass is 16.5. The summed E-state index contributed by atoms with van der Waals surface area (Å²) in [5.74, 6) is 2.72. The smallest absolute Gasteiger partial charge is 0.194 e. The van der Waals surface area contributed by atoms with E-state index in [1.807, 2.05) is 24.0 Å². The van der Waals surface area contributed by atoms with Gasteiger partial charge in [0.2, 0.25) is 0 Å². The minimum atomic E-state index is -0.780. The van der Waals surface area contributed by atoms with Crippen LogP contribution in [0.25, 0.3) is 0 Å². The van der Waals surface area contributed by atoms with Gasteiger partial charge in [0.25, 0.3) is 0 Å². The second-order valence-electron chi connectivity index (χ2n) is 7.65. The molecule has 164 valence electrons. The molecule has 0 spiro atoms. The Morgan fingerprint density at radius 1 is 1.37 bits per heavy atom. The molecular weight excluding hydrogens is 382 g/mol. The van der Waals surface area contributed by atoms with E-state index in [1.165, 1.54) is 5.56 Å². The standard InChI is InChI=1S/C22H33N5O3/c1-5-23-22(27-9-8-16(15-27)10-17-12-25-26(2)14-17)24-13-20(28)19-11-18(29-3)6-7-21(19)30-4/h6-7,11-12,14,16,20,28H,5,8-10,13,15H2,1-4H3,(H,23,24). The number of hydrogen-bond acceptors (Lipinski definition) is 5. The van der Waals surface area contributed by atoms with E-state index in [4.69, 9.17) is 14.5 Å². The lowest BCUT2D eigenvalue weighted by atomic mass is 10.0. The number of hydrogen-bond donors (Lipinski definition) is 2. The van der Waals surface area contributed by atoms with Crippen molar-refractivity contribution in [2.75, 3.05) is 40.4 Å². The monoisotopic (exact) mass is 415 g/mol. The summed E-state index contributed by atoms with van der Waals surface area (Å²) in [6.45, 7) is 4.98. The number of rotatable bonds is 8. The molecule has 0 aliphatic carbocycles. The zero-order chi connectivity index (χ0) is 21.5. The van der Waals surface area contributed by atoms with Crippen LogP contribution in [0, 0.1) is 5.92 Å². The van der Waals surface area contributed by atoms with Crippen LogP contribution in [0.15, 0.2) is 35.6 Å². The Morgan fingerprint density at radius 3 is 2.87 bits per heavy atom. The number of aryl methyl sites for hydroxylation is 1. The fraction of sp³-hybridized carbons (Fsp3) is 0.545. The number of aliphatic hydroxyl groups is 1. The van der Waals surface area contributed by atoms with Gasteiger partial charge in [0.05, 0.1) is 27.0 Å². The van der Waals surface area contributed by atoms with Crippen molar-refractivity contribution in [3.63, 3.8) is 0 Å². The number of methoxy groups -OCH3 is 2. The van der Waals surface area contributed by atoms with Gasteiger partial charge < -0.3 is 24.8 Å². The first kappa shape index (κ1) is 22.0. The van der Waals surface area contributed by atoms with E-state index in [-0.39, 0.29) is 6.54 Å². The number of ether oxygens (including phenoxy) is 2. The number of nitrogens with one attached hydrogen (secondary N) is 1. The van der Waals surface area contributed by atoms with Crippen molar-refractivity contribution in [2.24, 2.45) is 18.0 Å². The highest BCUT2D eigenvalue weighted by Gasteiger charge is 2.25. The van der Waals surface area contributed by atoms with Crippen LogP contribution in [-0.2, 0) is 13.5 Å². The van der Waals surface area contributed by atoms with Crippen molar-refractivity contribution >= 4 is 5.96 Å². The molecule has 1 fully saturated rings. The summed E-state index contributed by atoms with van der Waals surface area (Å²) in [6.07, 6.45) is 5.39. The number of guanidine groups is 1. The van der Waals surface area contributed by atoms with Gasteiger partial charge in [0, 0.05) is 38.4 Å².